The van der Waals surface area contributed by atoms with E-state index in [1.54, 1.807) is 13.0 Å². The van der Waals surface area contributed by atoms with Crippen LogP contribution in [0.2, 0.25) is 0 Å². The lowest BCUT2D eigenvalue weighted by Crippen LogP contribution is -2.23. The third-order valence-corrected chi connectivity index (χ3v) is 6.12. The monoisotopic (exact) mass is 495 g/mol. The standard InChI is InChI=1S/C24H19BrFN3OS/c1-15(23(30)27-20-13-12-18(25)14-19(20)26)31-24-28-21(16-8-4-2-5-9-16)22(29-24)17-10-6-3-7-11-17/h2-15H,1H3,(H,27,30)(H,28,29). The molecule has 0 fully saturated rings. The van der Waals surface area contributed by atoms with Crippen LogP contribution in [-0.2, 0) is 4.79 Å². The van der Waals surface area contributed by atoms with Crippen LogP contribution >= 0.6 is 27.7 Å². The molecule has 0 bridgehead atoms. The van der Waals surface area contributed by atoms with Crippen LogP contribution in [0.4, 0.5) is 10.1 Å². The number of hydrogen-bond acceptors (Lipinski definition) is 3. The molecule has 0 aliphatic carbocycles. The molecule has 156 valence electrons. The number of aromatic amines is 1. The van der Waals surface area contributed by atoms with E-state index in [2.05, 4.69) is 26.2 Å². The summed E-state index contributed by atoms with van der Waals surface area (Å²) in [5, 5.41) is 2.78. The summed E-state index contributed by atoms with van der Waals surface area (Å²) in [5.41, 5.74) is 3.85. The summed E-state index contributed by atoms with van der Waals surface area (Å²) in [5.74, 6) is -0.791. The van der Waals surface area contributed by atoms with E-state index in [4.69, 9.17) is 4.98 Å². The van der Waals surface area contributed by atoms with Gasteiger partial charge in [-0.15, -0.1) is 0 Å². The van der Waals surface area contributed by atoms with E-state index in [9.17, 15) is 9.18 Å². The number of nitrogens with one attached hydrogen (secondary N) is 2. The fourth-order valence-corrected chi connectivity index (χ4v) is 4.21. The van der Waals surface area contributed by atoms with Gasteiger partial charge in [0.25, 0.3) is 0 Å². The number of imidazole rings is 1. The van der Waals surface area contributed by atoms with Gasteiger partial charge in [-0.25, -0.2) is 9.37 Å². The van der Waals surface area contributed by atoms with Crippen molar-refractivity contribution in [1.29, 1.82) is 0 Å². The lowest BCUT2D eigenvalue weighted by atomic mass is 10.1. The highest BCUT2D eigenvalue weighted by Gasteiger charge is 2.20. The van der Waals surface area contributed by atoms with Gasteiger partial charge in [-0.3, -0.25) is 4.79 Å². The van der Waals surface area contributed by atoms with Gasteiger partial charge >= 0.3 is 0 Å². The Balaban J connectivity index is 1.58. The van der Waals surface area contributed by atoms with Crippen molar-refractivity contribution in [2.75, 3.05) is 5.32 Å². The van der Waals surface area contributed by atoms with E-state index in [0.29, 0.717) is 9.63 Å². The van der Waals surface area contributed by atoms with Crippen molar-refractivity contribution < 1.29 is 9.18 Å². The number of thioether (sulfide) groups is 1. The smallest absolute Gasteiger partial charge is 0.237 e. The molecule has 4 nitrogen and oxygen atoms in total. The average molecular weight is 496 g/mol. The number of halogens is 2. The van der Waals surface area contributed by atoms with Gasteiger partial charge in [0.05, 0.1) is 22.3 Å². The minimum atomic E-state index is -0.490. The third-order valence-electron chi connectivity index (χ3n) is 4.64. The maximum Gasteiger partial charge on any atom is 0.237 e. The van der Waals surface area contributed by atoms with E-state index in [1.807, 2.05) is 60.7 Å². The van der Waals surface area contributed by atoms with E-state index in [1.165, 1.54) is 23.9 Å². The number of rotatable bonds is 6. The fourth-order valence-electron chi connectivity index (χ4n) is 3.07. The second-order valence-electron chi connectivity index (χ2n) is 6.87. The largest absolute Gasteiger partial charge is 0.332 e. The van der Waals surface area contributed by atoms with E-state index in [0.717, 1.165) is 22.5 Å². The lowest BCUT2D eigenvalue weighted by Gasteiger charge is -2.11. The highest BCUT2D eigenvalue weighted by Crippen LogP contribution is 2.34. The molecule has 0 saturated heterocycles. The summed E-state index contributed by atoms with van der Waals surface area (Å²) in [4.78, 5) is 20.8. The summed E-state index contributed by atoms with van der Waals surface area (Å²) in [6.07, 6.45) is 0. The summed E-state index contributed by atoms with van der Waals surface area (Å²) in [7, 11) is 0. The molecule has 1 heterocycles. The molecule has 0 aliphatic heterocycles. The molecule has 0 saturated carbocycles. The molecule has 7 heteroatoms. The Hall–Kier alpha value is -2.90. The zero-order valence-electron chi connectivity index (χ0n) is 16.6. The van der Waals surface area contributed by atoms with Crippen LogP contribution < -0.4 is 5.32 Å². The van der Waals surface area contributed by atoms with Gasteiger partial charge in [0, 0.05) is 15.6 Å². The Kier molecular flexibility index (Phi) is 6.53. The number of carbonyl (C=O) groups excluding carboxylic acids is 1. The number of hydrogen-bond donors (Lipinski definition) is 2. The normalized spacial score (nSPS) is 11.8. The molecular weight excluding hydrogens is 477 g/mol. The Labute approximate surface area is 192 Å². The zero-order valence-corrected chi connectivity index (χ0v) is 19.0. The van der Waals surface area contributed by atoms with Gasteiger partial charge in [0.1, 0.15) is 5.82 Å². The van der Waals surface area contributed by atoms with Crippen LogP contribution in [0.5, 0.6) is 0 Å². The summed E-state index contributed by atoms with van der Waals surface area (Å²) < 4.78 is 14.7. The molecule has 0 radical (unpaired) electrons. The van der Waals surface area contributed by atoms with Gasteiger partial charge in [-0.05, 0) is 25.1 Å². The van der Waals surface area contributed by atoms with Gasteiger partial charge in [0.15, 0.2) is 5.16 Å². The predicted octanol–water partition coefficient (Wildman–Crippen LogP) is 6.76. The first-order valence-electron chi connectivity index (χ1n) is 9.64. The maximum absolute atomic E-state index is 14.1. The molecule has 0 spiro atoms. The first kappa shape index (κ1) is 21.3. The Morgan fingerprint density at radius 1 is 1.03 bits per heavy atom. The molecular formula is C24H19BrFN3OS. The first-order chi connectivity index (χ1) is 15.0. The van der Waals surface area contributed by atoms with E-state index >= 15 is 0 Å². The number of nitrogens with zero attached hydrogens (tertiary/aromatic N) is 1. The second-order valence-corrected chi connectivity index (χ2v) is 9.12. The fraction of sp³-hybridized carbons (Fsp3) is 0.0833. The quantitative estimate of drug-likeness (QED) is 0.290. The molecule has 1 amide bonds. The van der Waals surface area contributed by atoms with Gasteiger partial charge in [-0.2, -0.15) is 0 Å². The molecule has 31 heavy (non-hydrogen) atoms. The number of amides is 1. The first-order valence-corrected chi connectivity index (χ1v) is 11.3. The van der Waals surface area contributed by atoms with Gasteiger partial charge < -0.3 is 10.3 Å². The SMILES string of the molecule is CC(Sc1nc(-c2ccccc2)c(-c2ccccc2)[nH]1)C(=O)Nc1ccc(Br)cc1F. The van der Waals surface area contributed by atoms with Crippen LogP contribution in [-0.4, -0.2) is 21.1 Å². The molecule has 1 atom stereocenters. The Morgan fingerprint density at radius 2 is 1.68 bits per heavy atom. The highest BCUT2D eigenvalue weighted by molar-refractivity contribution is 9.10. The number of carbonyl (C=O) groups is 1. The third kappa shape index (κ3) is 5.06. The summed E-state index contributed by atoms with van der Waals surface area (Å²) in [6.45, 7) is 1.77. The Bertz CT molecular complexity index is 1140. The van der Waals surface area contributed by atoms with E-state index in [-0.39, 0.29) is 11.6 Å². The van der Waals surface area contributed by atoms with Crippen molar-refractivity contribution in [1.82, 2.24) is 9.97 Å². The van der Waals surface area contributed by atoms with Crippen molar-refractivity contribution in [2.24, 2.45) is 0 Å². The maximum atomic E-state index is 14.1. The topological polar surface area (TPSA) is 57.8 Å². The molecule has 0 aliphatic rings. The van der Waals surface area contributed by atoms with Crippen LogP contribution in [0.1, 0.15) is 6.92 Å². The average Bonchev–Trinajstić information content (AvgIpc) is 3.20. The predicted molar refractivity (Wildman–Crippen MR) is 128 cm³/mol. The van der Waals surface area contributed by atoms with Crippen molar-refractivity contribution in [3.63, 3.8) is 0 Å². The van der Waals surface area contributed by atoms with Crippen molar-refractivity contribution in [3.8, 4) is 22.5 Å². The summed E-state index contributed by atoms with van der Waals surface area (Å²) in [6, 6.07) is 24.4. The lowest BCUT2D eigenvalue weighted by molar-refractivity contribution is -0.115. The van der Waals surface area contributed by atoms with Crippen LogP contribution in [0.15, 0.2) is 88.5 Å². The van der Waals surface area contributed by atoms with Crippen molar-refractivity contribution >= 4 is 39.3 Å². The molecule has 1 unspecified atom stereocenters. The molecule has 1 aromatic heterocycles. The number of anilines is 1. The van der Waals surface area contributed by atoms with E-state index < -0.39 is 11.1 Å². The number of H-pyrrole nitrogens is 1. The van der Waals surface area contributed by atoms with Crippen LogP contribution in [0.25, 0.3) is 22.5 Å². The molecule has 3 aromatic carbocycles. The second kappa shape index (κ2) is 9.49. The molecule has 2 N–H and O–H groups in total. The van der Waals surface area contributed by atoms with Crippen molar-refractivity contribution in [2.45, 2.75) is 17.3 Å². The molecule has 4 rings (SSSR count). The minimum Gasteiger partial charge on any atom is -0.332 e. The Morgan fingerprint density at radius 3 is 2.32 bits per heavy atom. The summed E-state index contributed by atoms with van der Waals surface area (Å²) >= 11 is 4.51. The van der Waals surface area contributed by atoms with Gasteiger partial charge in [-0.1, -0.05) is 88.4 Å². The zero-order chi connectivity index (χ0) is 21.8. The highest BCUT2D eigenvalue weighted by atomic mass is 79.9. The van der Waals surface area contributed by atoms with Gasteiger partial charge in [0.2, 0.25) is 5.91 Å². The molecule has 4 aromatic rings. The number of benzene rings is 3. The van der Waals surface area contributed by atoms with Crippen molar-refractivity contribution in [3.05, 3.63) is 89.2 Å². The number of aromatic nitrogens is 2. The minimum absolute atomic E-state index is 0.148. The van der Waals surface area contributed by atoms with Crippen LogP contribution in [0.3, 0.4) is 0 Å². The van der Waals surface area contributed by atoms with Crippen LogP contribution in [0, 0.1) is 5.82 Å².